The SMILES string of the molecule is O=C(O)c1ccc(C(=O)NC2(c3nccs3)CCCC2)o1. The molecule has 6 nitrogen and oxygen atoms in total. The molecule has 21 heavy (non-hydrogen) atoms. The molecule has 110 valence electrons. The van der Waals surface area contributed by atoms with Gasteiger partial charge < -0.3 is 14.8 Å². The lowest BCUT2D eigenvalue weighted by molar-refractivity contribution is 0.0658. The van der Waals surface area contributed by atoms with Crippen molar-refractivity contribution in [2.75, 3.05) is 0 Å². The Kier molecular flexibility index (Phi) is 3.50. The highest BCUT2D eigenvalue weighted by Gasteiger charge is 2.40. The van der Waals surface area contributed by atoms with E-state index in [0.29, 0.717) is 0 Å². The maximum atomic E-state index is 12.3. The van der Waals surface area contributed by atoms with Crippen LogP contribution in [0.5, 0.6) is 0 Å². The fourth-order valence-electron chi connectivity index (χ4n) is 2.68. The van der Waals surface area contributed by atoms with Crippen molar-refractivity contribution < 1.29 is 19.1 Å². The van der Waals surface area contributed by atoms with E-state index in [4.69, 9.17) is 9.52 Å². The molecule has 0 atom stereocenters. The Morgan fingerprint density at radius 1 is 1.29 bits per heavy atom. The summed E-state index contributed by atoms with van der Waals surface area (Å²) in [5, 5.41) is 14.6. The molecular formula is C14H14N2O4S. The zero-order valence-corrected chi connectivity index (χ0v) is 12.0. The van der Waals surface area contributed by atoms with Gasteiger partial charge in [0, 0.05) is 11.6 Å². The molecule has 1 aliphatic carbocycles. The van der Waals surface area contributed by atoms with Crippen LogP contribution in [-0.2, 0) is 5.54 Å². The maximum Gasteiger partial charge on any atom is 0.371 e. The molecule has 0 unspecified atom stereocenters. The van der Waals surface area contributed by atoms with Crippen LogP contribution < -0.4 is 5.32 Å². The monoisotopic (exact) mass is 306 g/mol. The first-order chi connectivity index (χ1) is 10.1. The molecular weight excluding hydrogens is 292 g/mol. The second-order valence-electron chi connectivity index (χ2n) is 5.05. The van der Waals surface area contributed by atoms with Gasteiger partial charge in [-0.05, 0) is 25.0 Å². The van der Waals surface area contributed by atoms with Gasteiger partial charge in [-0.2, -0.15) is 0 Å². The van der Waals surface area contributed by atoms with Crippen molar-refractivity contribution in [2.45, 2.75) is 31.2 Å². The Hall–Kier alpha value is -2.15. The number of carbonyl (C=O) groups excluding carboxylic acids is 1. The molecule has 2 heterocycles. The molecule has 0 radical (unpaired) electrons. The zero-order chi connectivity index (χ0) is 14.9. The first-order valence-corrected chi connectivity index (χ1v) is 7.54. The lowest BCUT2D eigenvalue weighted by Crippen LogP contribution is -2.43. The van der Waals surface area contributed by atoms with Crippen LogP contribution in [-0.4, -0.2) is 22.0 Å². The van der Waals surface area contributed by atoms with Gasteiger partial charge in [-0.3, -0.25) is 4.79 Å². The van der Waals surface area contributed by atoms with E-state index in [0.717, 1.165) is 30.7 Å². The van der Waals surface area contributed by atoms with Crippen LogP contribution in [0.25, 0.3) is 0 Å². The number of thiazole rings is 1. The molecule has 0 bridgehead atoms. The molecule has 1 amide bonds. The Balaban J connectivity index is 1.83. The minimum Gasteiger partial charge on any atom is -0.475 e. The first-order valence-electron chi connectivity index (χ1n) is 6.66. The number of carboxylic acids is 1. The Labute approximate surface area is 124 Å². The first kappa shape index (κ1) is 13.8. The van der Waals surface area contributed by atoms with Crippen molar-refractivity contribution in [2.24, 2.45) is 0 Å². The lowest BCUT2D eigenvalue weighted by Gasteiger charge is -2.27. The van der Waals surface area contributed by atoms with Gasteiger partial charge in [-0.15, -0.1) is 11.3 Å². The van der Waals surface area contributed by atoms with Crippen molar-refractivity contribution >= 4 is 23.2 Å². The fraction of sp³-hybridized carbons (Fsp3) is 0.357. The van der Waals surface area contributed by atoms with Crippen LogP contribution in [0, 0.1) is 0 Å². The number of aromatic nitrogens is 1. The van der Waals surface area contributed by atoms with Gasteiger partial charge in [0.1, 0.15) is 5.01 Å². The Morgan fingerprint density at radius 2 is 2.00 bits per heavy atom. The van der Waals surface area contributed by atoms with E-state index in [1.54, 1.807) is 6.20 Å². The molecule has 1 fully saturated rings. The number of nitrogens with one attached hydrogen (secondary N) is 1. The van der Waals surface area contributed by atoms with E-state index >= 15 is 0 Å². The van der Waals surface area contributed by atoms with Gasteiger partial charge >= 0.3 is 5.97 Å². The molecule has 1 aliphatic rings. The molecule has 0 saturated heterocycles. The topological polar surface area (TPSA) is 92.4 Å². The highest BCUT2D eigenvalue weighted by atomic mass is 32.1. The van der Waals surface area contributed by atoms with E-state index in [9.17, 15) is 9.59 Å². The van der Waals surface area contributed by atoms with Gasteiger partial charge in [-0.1, -0.05) is 12.8 Å². The summed E-state index contributed by atoms with van der Waals surface area (Å²) in [6.07, 6.45) is 5.44. The van der Waals surface area contributed by atoms with Crippen molar-refractivity contribution in [1.29, 1.82) is 0 Å². The van der Waals surface area contributed by atoms with Gasteiger partial charge in [0.15, 0.2) is 5.76 Å². The largest absolute Gasteiger partial charge is 0.475 e. The average molecular weight is 306 g/mol. The summed E-state index contributed by atoms with van der Waals surface area (Å²) in [6.45, 7) is 0. The van der Waals surface area contributed by atoms with Gasteiger partial charge in [0.25, 0.3) is 5.91 Å². The number of amides is 1. The van der Waals surface area contributed by atoms with Crippen LogP contribution >= 0.6 is 11.3 Å². The van der Waals surface area contributed by atoms with E-state index < -0.39 is 17.4 Å². The van der Waals surface area contributed by atoms with E-state index in [1.807, 2.05) is 5.38 Å². The van der Waals surface area contributed by atoms with E-state index in [2.05, 4.69) is 10.3 Å². The summed E-state index contributed by atoms with van der Waals surface area (Å²) < 4.78 is 5.05. The van der Waals surface area contributed by atoms with Gasteiger partial charge in [-0.25, -0.2) is 9.78 Å². The molecule has 3 rings (SSSR count). The molecule has 7 heteroatoms. The predicted octanol–water partition coefficient (Wildman–Crippen LogP) is 2.63. The van der Waals surface area contributed by atoms with Crippen molar-refractivity contribution in [3.63, 3.8) is 0 Å². The molecule has 2 aromatic heterocycles. The number of furan rings is 1. The average Bonchev–Trinajstić information content (AvgIpc) is 3.20. The third-order valence-electron chi connectivity index (χ3n) is 3.69. The summed E-state index contributed by atoms with van der Waals surface area (Å²) in [4.78, 5) is 27.4. The smallest absolute Gasteiger partial charge is 0.371 e. The quantitative estimate of drug-likeness (QED) is 0.906. The number of hydrogen-bond acceptors (Lipinski definition) is 5. The second-order valence-corrected chi connectivity index (χ2v) is 5.94. The van der Waals surface area contributed by atoms with E-state index in [1.165, 1.54) is 23.5 Å². The molecule has 0 spiro atoms. The zero-order valence-electron chi connectivity index (χ0n) is 11.2. The highest BCUT2D eigenvalue weighted by Crippen LogP contribution is 2.39. The summed E-state index contributed by atoms with van der Waals surface area (Å²) in [7, 11) is 0. The Bertz CT molecular complexity index is 656. The third kappa shape index (κ3) is 2.56. The van der Waals surface area contributed by atoms with Crippen LogP contribution in [0.4, 0.5) is 0 Å². The summed E-state index contributed by atoms with van der Waals surface area (Å²) in [5.41, 5.74) is -0.457. The van der Waals surface area contributed by atoms with Gasteiger partial charge in [0.2, 0.25) is 5.76 Å². The number of rotatable bonds is 4. The van der Waals surface area contributed by atoms with E-state index in [-0.39, 0.29) is 11.5 Å². The highest BCUT2D eigenvalue weighted by molar-refractivity contribution is 7.09. The minimum atomic E-state index is -1.19. The standard InChI is InChI=1S/C14H14N2O4S/c17-11(9-3-4-10(20-9)12(18)19)16-14(5-1-2-6-14)13-15-7-8-21-13/h3-4,7-8H,1-2,5-6H2,(H,16,17)(H,18,19). The fourth-order valence-corrected chi connectivity index (χ4v) is 3.54. The lowest BCUT2D eigenvalue weighted by atomic mass is 9.98. The number of carbonyl (C=O) groups is 2. The predicted molar refractivity (Wildman–Crippen MR) is 75.4 cm³/mol. The second kappa shape index (κ2) is 5.33. The molecule has 0 aromatic carbocycles. The van der Waals surface area contributed by atoms with Crippen molar-refractivity contribution in [3.8, 4) is 0 Å². The van der Waals surface area contributed by atoms with Crippen LogP contribution in [0.1, 0.15) is 51.8 Å². The molecule has 0 aliphatic heterocycles. The Morgan fingerprint density at radius 3 is 2.57 bits per heavy atom. The maximum absolute atomic E-state index is 12.3. The van der Waals surface area contributed by atoms with Crippen LogP contribution in [0.15, 0.2) is 28.1 Å². The van der Waals surface area contributed by atoms with Gasteiger partial charge in [0.05, 0.1) is 5.54 Å². The summed E-state index contributed by atoms with van der Waals surface area (Å²) in [6, 6.07) is 2.66. The van der Waals surface area contributed by atoms with Crippen LogP contribution in [0.2, 0.25) is 0 Å². The number of nitrogens with zero attached hydrogens (tertiary/aromatic N) is 1. The third-order valence-corrected chi connectivity index (χ3v) is 4.67. The normalized spacial score (nSPS) is 16.8. The molecule has 1 saturated carbocycles. The van der Waals surface area contributed by atoms with Crippen molar-refractivity contribution in [3.05, 3.63) is 40.2 Å². The van der Waals surface area contributed by atoms with Crippen molar-refractivity contribution in [1.82, 2.24) is 10.3 Å². The number of hydrogen-bond donors (Lipinski definition) is 2. The van der Waals surface area contributed by atoms with Crippen LogP contribution in [0.3, 0.4) is 0 Å². The molecule has 2 N–H and O–H groups in total. The molecule has 2 aromatic rings. The number of aromatic carboxylic acids is 1. The number of carboxylic acid groups (broad SMARTS) is 1. The minimum absolute atomic E-state index is 0.00947. The summed E-state index contributed by atoms with van der Waals surface area (Å²) >= 11 is 1.52. The summed E-state index contributed by atoms with van der Waals surface area (Å²) in [5.74, 6) is -1.82.